The Hall–Kier alpha value is -3.98. The summed E-state index contributed by atoms with van der Waals surface area (Å²) in [6.45, 7) is 6.17. The van der Waals surface area contributed by atoms with Crippen LogP contribution in [0.2, 0.25) is 0 Å². The van der Waals surface area contributed by atoms with Crippen molar-refractivity contribution < 1.29 is 14.3 Å². The van der Waals surface area contributed by atoms with Crippen LogP contribution in [0.3, 0.4) is 0 Å². The summed E-state index contributed by atoms with van der Waals surface area (Å²) in [5.41, 5.74) is 1.79. The second kappa shape index (κ2) is 12.5. The smallest absolute Gasteiger partial charge is 0.282 e. The molecule has 4 aromatic rings. The first-order valence-corrected chi connectivity index (χ1v) is 13.2. The number of hydrogen-bond donors (Lipinski definition) is 1. The van der Waals surface area contributed by atoms with Gasteiger partial charge in [0.1, 0.15) is 5.82 Å². The van der Waals surface area contributed by atoms with Crippen molar-refractivity contribution in [2.75, 3.05) is 18.5 Å². The molecule has 196 valence electrons. The summed E-state index contributed by atoms with van der Waals surface area (Å²) in [4.78, 5) is 30.4. The van der Waals surface area contributed by atoms with E-state index in [4.69, 9.17) is 14.5 Å². The van der Waals surface area contributed by atoms with Crippen molar-refractivity contribution in [3.63, 3.8) is 0 Å². The molecule has 0 bridgehead atoms. The van der Waals surface area contributed by atoms with Gasteiger partial charge in [-0.3, -0.25) is 9.59 Å². The van der Waals surface area contributed by atoms with Gasteiger partial charge >= 0.3 is 0 Å². The third-order valence-electron chi connectivity index (χ3n) is 5.89. The standard InChI is InChI=1S/C29H29BrN4O4/c1-4-19(3)28-33-24-13-12-21(30)16-23(24)29(36)34(28)31-17-20-11-14-25(26(15-20)37-5-2)38-18-27(35)32-22-9-7-6-8-10-22/h6-17,19H,4-5,18H2,1-3H3,(H,32,35)/t19-/m1/s1. The zero-order valence-electron chi connectivity index (χ0n) is 21.5. The van der Waals surface area contributed by atoms with Crippen molar-refractivity contribution in [3.8, 4) is 11.5 Å². The first-order valence-electron chi connectivity index (χ1n) is 12.4. The van der Waals surface area contributed by atoms with Crippen LogP contribution in [0.5, 0.6) is 11.5 Å². The molecule has 9 heteroatoms. The molecular weight excluding hydrogens is 548 g/mol. The van der Waals surface area contributed by atoms with E-state index < -0.39 is 0 Å². The normalized spacial score (nSPS) is 12.0. The number of nitrogens with one attached hydrogen (secondary N) is 1. The highest BCUT2D eigenvalue weighted by Gasteiger charge is 2.16. The van der Waals surface area contributed by atoms with Gasteiger partial charge < -0.3 is 14.8 Å². The van der Waals surface area contributed by atoms with Gasteiger partial charge in [0.15, 0.2) is 18.1 Å². The van der Waals surface area contributed by atoms with Crippen LogP contribution in [0.15, 0.2) is 81.1 Å². The molecule has 1 aromatic heterocycles. The summed E-state index contributed by atoms with van der Waals surface area (Å²) >= 11 is 3.43. The number of anilines is 1. The van der Waals surface area contributed by atoms with Crippen molar-refractivity contribution in [1.82, 2.24) is 9.66 Å². The van der Waals surface area contributed by atoms with Crippen molar-refractivity contribution in [3.05, 3.63) is 92.9 Å². The molecular formula is C29H29BrN4O4. The Morgan fingerprint density at radius 1 is 1.08 bits per heavy atom. The van der Waals surface area contributed by atoms with E-state index in [9.17, 15) is 9.59 Å². The van der Waals surface area contributed by atoms with Gasteiger partial charge in [-0.05, 0) is 67.4 Å². The number of carbonyl (C=O) groups excluding carboxylic acids is 1. The second-order valence-corrected chi connectivity index (χ2v) is 9.56. The summed E-state index contributed by atoms with van der Waals surface area (Å²) < 4.78 is 13.6. The number of hydrogen-bond acceptors (Lipinski definition) is 6. The highest BCUT2D eigenvalue weighted by molar-refractivity contribution is 9.10. The van der Waals surface area contributed by atoms with Gasteiger partial charge in [0.2, 0.25) is 0 Å². The van der Waals surface area contributed by atoms with Gasteiger partial charge in [-0.1, -0.05) is 48.0 Å². The van der Waals surface area contributed by atoms with Crippen LogP contribution in [-0.2, 0) is 4.79 Å². The van der Waals surface area contributed by atoms with Gasteiger partial charge in [0.25, 0.3) is 11.5 Å². The predicted octanol–water partition coefficient (Wildman–Crippen LogP) is 5.97. The maximum absolute atomic E-state index is 13.4. The summed E-state index contributed by atoms with van der Waals surface area (Å²) in [7, 11) is 0. The van der Waals surface area contributed by atoms with Crippen molar-refractivity contribution in [2.45, 2.75) is 33.1 Å². The Bertz CT molecular complexity index is 1520. The van der Waals surface area contributed by atoms with Gasteiger partial charge in [-0.15, -0.1) is 0 Å². The zero-order valence-corrected chi connectivity index (χ0v) is 23.1. The third kappa shape index (κ3) is 6.47. The lowest BCUT2D eigenvalue weighted by Gasteiger charge is -2.14. The average molecular weight is 577 g/mol. The molecule has 38 heavy (non-hydrogen) atoms. The van der Waals surface area contributed by atoms with E-state index in [0.29, 0.717) is 46.1 Å². The first-order chi connectivity index (χ1) is 18.4. The largest absolute Gasteiger partial charge is 0.490 e. The minimum atomic E-state index is -0.281. The molecule has 0 fully saturated rings. The molecule has 1 amide bonds. The fourth-order valence-electron chi connectivity index (χ4n) is 3.76. The van der Waals surface area contributed by atoms with Crippen LogP contribution in [-0.4, -0.2) is 35.0 Å². The highest BCUT2D eigenvalue weighted by atomic mass is 79.9. The van der Waals surface area contributed by atoms with Crippen LogP contribution in [0.1, 0.15) is 44.5 Å². The van der Waals surface area contributed by atoms with Gasteiger partial charge in [0, 0.05) is 16.1 Å². The molecule has 0 saturated heterocycles. The number of aromatic nitrogens is 2. The summed E-state index contributed by atoms with van der Waals surface area (Å²) in [6.07, 6.45) is 2.40. The third-order valence-corrected chi connectivity index (χ3v) is 6.39. The molecule has 0 saturated carbocycles. The SMILES string of the molecule is CCOc1cc(C=Nn2c([C@H](C)CC)nc3ccc(Br)cc3c2=O)ccc1OCC(=O)Nc1ccccc1. The zero-order chi connectivity index (χ0) is 27.1. The number of nitrogens with zero attached hydrogens (tertiary/aromatic N) is 3. The minimum absolute atomic E-state index is 0.0321. The van der Waals surface area contributed by atoms with E-state index >= 15 is 0 Å². The van der Waals surface area contributed by atoms with Crippen molar-refractivity contribution >= 4 is 44.6 Å². The quantitative estimate of drug-likeness (QED) is 0.235. The number of ether oxygens (including phenoxy) is 2. The van der Waals surface area contributed by atoms with Crippen LogP contribution < -0.4 is 20.3 Å². The molecule has 3 aromatic carbocycles. The lowest BCUT2D eigenvalue weighted by molar-refractivity contribution is -0.118. The number of benzene rings is 3. The van der Waals surface area contributed by atoms with Gasteiger partial charge in [-0.2, -0.15) is 9.78 Å². The van der Waals surface area contributed by atoms with Gasteiger partial charge in [0.05, 0.1) is 23.7 Å². The summed E-state index contributed by atoms with van der Waals surface area (Å²) in [5, 5.41) is 7.79. The van der Waals surface area contributed by atoms with E-state index in [1.165, 1.54) is 4.68 Å². The summed E-state index contributed by atoms with van der Waals surface area (Å²) in [6, 6.07) is 19.9. The van der Waals surface area contributed by atoms with Crippen molar-refractivity contribution in [2.24, 2.45) is 5.10 Å². The molecule has 0 aliphatic rings. The minimum Gasteiger partial charge on any atom is -0.490 e. The average Bonchev–Trinajstić information content (AvgIpc) is 2.92. The molecule has 0 aliphatic heterocycles. The molecule has 0 radical (unpaired) electrons. The van der Waals surface area contributed by atoms with E-state index in [1.807, 2.05) is 51.1 Å². The lowest BCUT2D eigenvalue weighted by atomic mass is 10.1. The van der Waals surface area contributed by atoms with Crippen LogP contribution in [0.4, 0.5) is 5.69 Å². The van der Waals surface area contributed by atoms with Crippen LogP contribution in [0, 0.1) is 0 Å². The molecule has 0 spiro atoms. The number of para-hydroxylation sites is 1. The number of amides is 1. The second-order valence-electron chi connectivity index (χ2n) is 8.64. The predicted molar refractivity (Wildman–Crippen MR) is 154 cm³/mol. The number of fused-ring (bicyclic) bond motifs is 1. The first kappa shape index (κ1) is 27.1. The molecule has 1 heterocycles. The Morgan fingerprint density at radius 3 is 2.61 bits per heavy atom. The van der Waals surface area contributed by atoms with E-state index in [0.717, 1.165) is 10.9 Å². The highest BCUT2D eigenvalue weighted by Crippen LogP contribution is 2.28. The Kier molecular flexibility index (Phi) is 8.91. The summed E-state index contributed by atoms with van der Waals surface area (Å²) in [5.74, 6) is 1.25. The molecule has 8 nitrogen and oxygen atoms in total. The number of halogens is 1. The Balaban J connectivity index is 1.59. The van der Waals surface area contributed by atoms with Crippen LogP contribution in [0.25, 0.3) is 10.9 Å². The van der Waals surface area contributed by atoms with E-state index in [2.05, 4.69) is 26.3 Å². The Morgan fingerprint density at radius 2 is 1.87 bits per heavy atom. The molecule has 4 rings (SSSR count). The molecule has 1 N–H and O–H groups in total. The van der Waals surface area contributed by atoms with E-state index in [1.54, 1.807) is 42.6 Å². The fourth-order valence-corrected chi connectivity index (χ4v) is 4.12. The van der Waals surface area contributed by atoms with E-state index in [-0.39, 0.29) is 24.0 Å². The number of rotatable bonds is 10. The topological polar surface area (TPSA) is 94.8 Å². The monoisotopic (exact) mass is 576 g/mol. The molecule has 1 atom stereocenters. The maximum atomic E-state index is 13.4. The van der Waals surface area contributed by atoms with Crippen LogP contribution >= 0.6 is 15.9 Å². The Labute approximate surface area is 229 Å². The number of carbonyl (C=O) groups is 1. The van der Waals surface area contributed by atoms with Gasteiger partial charge in [-0.25, -0.2) is 4.98 Å². The van der Waals surface area contributed by atoms with Crippen molar-refractivity contribution in [1.29, 1.82) is 0 Å². The fraction of sp³-hybridized carbons (Fsp3) is 0.241. The molecule has 0 unspecified atom stereocenters. The maximum Gasteiger partial charge on any atom is 0.282 e. The lowest BCUT2D eigenvalue weighted by Crippen LogP contribution is -2.23. The molecule has 0 aliphatic carbocycles.